The smallest absolute Gasteiger partial charge is 0.221 e. The molecule has 0 saturated carbocycles. The molecule has 1 aromatic carbocycles. The first-order valence-corrected chi connectivity index (χ1v) is 6.72. The topological polar surface area (TPSA) is 46.6 Å². The van der Waals surface area contributed by atoms with E-state index in [1.165, 1.54) is 7.11 Å². The number of methoxy groups -OCH3 is 1. The zero-order valence-corrected chi connectivity index (χ0v) is 12.1. The van der Waals surface area contributed by atoms with Gasteiger partial charge in [0.05, 0.1) is 12.8 Å². The van der Waals surface area contributed by atoms with Crippen molar-refractivity contribution in [2.24, 2.45) is 0 Å². The molecule has 1 unspecified atom stereocenters. The van der Waals surface area contributed by atoms with Gasteiger partial charge in [0.1, 0.15) is 6.04 Å². The minimum Gasteiger partial charge on any atom is -0.491 e. The number of ketones is 2. The maximum Gasteiger partial charge on any atom is 0.221 e. The lowest BCUT2D eigenvalue weighted by Gasteiger charge is -2.22. The summed E-state index contributed by atoms with van der Waals surface area (Å²) in [5, 5.41) is 0. The first kappa shape index (κ1) is 14.3. The molecule has 1 aliphatic rings. The molecule has 0 bridgehead atoms. The molecule has 0 aromatic heterocycles. The lowest BCUT2D eigenvalue weighted by atomic mass is 10.0. The highest BCUT2D eigenvalue weighted by Crippen LogP contribution is 2.29. The number of carbonyl (C=O) groups excluding carboxylic acids is 2. The van der Waals surface area contributed by atoms with Crippen LogP contribution < -0.4 is 0 Å². The molecule has 0 radical (unpaired) electrons. The number of benzene rings is 1. The zero-order chi connectivity index (χ0) is 14.7. The number of rotatable bonds is 5. The summed E-state index contributed by atoms with van der Waals surface area (Å²) < 4.78 is 5.19. The van der Waals surface area contributed by atoms with Crippen molar-refractivity contribution >= 4 is 11.6 Å². The van der Waals surface area contributed by atoms with E-state index in [0.717, 1.165) is 5.70 Å². The Balaban J connectivity index is 2.16. The maximum absolute atomic E-state index is 12.3. The van der Waals surface area contributed by atoms with Crippen LogP contribution in [0.25, 0.3) is 0 Å². The van der Waals surface area contributed by atoms with E-state index < -0.39 is 6.04 Å². The third-order valence-electron chi connectivity index (χ3n) is 3.70. The van der Waals surface area contributed by atoms with Gasteiger partial charge in [0, 0.05) is 19.0 Å². The summed E-state index contributed by atoms with van der Waals surface area (Å²) in [6, 6.07) is 8.60. The van der Waals surface area contributed by atoms with Gasteiger partial charge in [-0.15, -0.1) is 0 Å². The average molecular weight is 273 g/mol. The summed E-state index contributed by atoms with van der Waals surface area (Å²) >= 11 is 0. The number of likely N-dealkylation sites (N-methyl/N-ethyl adjacent to an activating group) is 1. The maximum atomic E-state index is 12.3. The molecule has 2 rings (SSSR count). The second-order valence-electron chi connectivity index (χ2n) is 4.82. The molecule has 0 N–H and O–H groups in total. The van der Waals surface area contributed by atoms with Crippen LogP contribution in [0.3, 0.4) is 0 Å². The van der Waals surface area contributed by atoms with E-state index in [1.54, 1.807) is 12.1 Å². The van der Waals surface area contributed by atoms with Gasteiger partial charge in [-0.05, 0) is 6.42 Å². The van der Waals surface area contributed by atoms with E-state index in [-0.39, 0.29) is 18.0 Å². The standard InChI is InChI=1S/C16H19NO3/c1-4-12-16(20-3)15(19)13(17(12)2)10-14(18)11-8-6-5-7-9-11/h5-9,13H,4,10H2,1-3H3. The van der Waals surface area contributed by atoms with Gasteiger partial charge in [-0.2, -0.15) is 0 Å². The molecule has 4 heteroatoms. The van der Waals surface area contributed by atoms with Crippen molar-refractivity contribution in [2.75, 3.05) is 14.2 Å². The Labute approximate surface area is 119 Å². The van der Waals surface area contributed by atoms with Crippen molar-refractivity contribution < 1.29 is 14.3 Å². The predicted octanol–water partition coefficient (Wildman–Crippen LogP) is 2.41. The molecule has 4 nitrogen and oxygen atoms in total. The highest BCUT2D eigenvalue weighted by molar-refractivity contribution is 6.06. The van der Waals surface area contributed by atoms with Gasteiger partial charge in [0.2, 0.25) is 5.78 Å². The van der Waals surface area contributed by atoms with Crippen LogP contribution in [-0.2, 0) is 9.53 Å². The van der Waals surface area contributed by atoms with E-state index in [1.807, 2.05) is 37.1 Å². The molecular weight excluding hydrogens is 254 g/mol. The van der Waals surface area contributed by atoms with Gasteiger partial charge in [0.15, 0.2) is 11.5 Å². The Hall–Kier alpha value is -2.10. The van der Waals surface area contributed by atoms with Crippen LogP contribution in [-0.4, -0.2) is 36.7 Å². The second-order valence-corrected chi connectivity index (χ2v) is 4.82. The van der Waals surface area contributed by atoms with Gasteiger partial charge in [0.25, 0.3) is 0 Å². The summed E-state index contributed by atoms with van der Waals surface area (Å²) in [6.07, 6.45) is 0.886. The lowest BCUT2D eigenvalue weighted by molar-refractivity contribution is -0.120. The largest absolute Gasteiger partial charge is 0.491 e. The first-order valence-electron chi connectivity index (χ1n) is 6.72. The van der Waals surface area contributed by atoms with Crippen LogP contribution in [0.15, 0.2) is 41.8 Å². The monoisotopic (exact) mass is 273 g/mol. The van der Waals surface area contributed by atoms with Crippen LogP contribution in [0.5, 0.6) is 0 Å². The average Bonchev–Trinajstić information content (AvgIpc) is 2.71. The van der Waals surface area contributed by atoms with Gasteiger partial charge in [-0.1, -0.05) is 37.3 Å². The third-order valence-corrected chi connectivity index (χ3v) is 3.70. The molecule has 20 heavy (non-hydrogen) atoms. The SMILES string of the molecule is CCC1=C(OC)C(=O)C(CC(=O)c2ccccc2)N1C. The summed E-state index contributed by atoms with van der Waals surface area (Å²) in [6.45, 7) is 1.97. The number of nitrogens with zero attached hydrogens (tertiary/aromatic N) is 1. The summed E-state index contributed by atoms with van der Waals surface area (Å²) in [4.78, 5) is 26.4. The number of carbonyl (C=O) groups is 2. The van der Waals surface area contributed by atoms with E-state index in [0.29, 0.717) is 17.7 Å². The van der Waals surface area contributed by atoms with Crippen molar-refractivity contribution in [3.63, 3.8) is 0 Å². The van der Waals surface area contributed by atoms with Gasteiger partial charge in [-0.3, -0.25) is 9.59 Å². The molecule has 1 atom stereocenters. The fourth-order valence-electron chi connectivity index (χ4n) is 2.59. The Morgan fingerprint density at radius 3 is 2.45 bits per heavy atom. The number of hydrogen-bond donors (Lipinski definition) is 0. The minimum absolute atomic E-state index is 0.0244. The number of hydrogen-bond acceptors (Lipinski definition) is 4. The lowest BCUT2D eigenvalue weighted by Crippen LogP contribution is -2.33. The Bertz CT molecular complexity index is 548. The molecule has 1 aliphatic heterocycles. The minimum atomic E-state index is -0.451. The van der Waals surface area contributed by atoms with Crippen molar-refractivity contribution in [1.82, 2.24) is 4.90 Å². The van der Waals surface area contributed by atoms with Crippen LogP contribution in [0.2, 0.25) is 0 Å². The van der Waals surface area contributed by atoms with Crippen LogP contribution in [0, 0.1) is 0 Å². The zero-order valence-electron chi connectivity index (χ0n) is 12.1. The molecule has 1 heterocycles. The second kappa shape index (κ2) is 5.90. The molecule has 0 amide bonds. The first-order chi connectivity index (χ1) is 9.60. The Morgan fingerprint density at radius 2 is 1.95 bits per heavy atom. The van der Waals surface area contributed by atoms with Crippen molar-refractivity contribution in [1.29, 1.82) is 0 Å². The summed E-state index contributed by atoms with van der Waals surface area (Å²) in [5.74, 6) is 0.264. The fourth-order valence-corrected chi connectivity index (χ4v) is 2.59. The molecule has 106 valence electrons. The van der Waals surface area contributed by atoms with Crippen molar-refractivity contribution in [3.05, 3.63) is 47.4 Å². The van der Waals surface area contributed by atoms with E-state index in [2.05, 4.69) is 0 Å². The van der Waals surface area contributed by atoms with Crippen LogP contribution in [0.4, 0.5) is 0 Å². The van der Waals surface area contributed by atoms with E-state index in [9.17, 15) is 9.59 Å². The van der Waals surface area contributed by atoms with E-state index in [4.69, 9.17) is 4.74 Å². The summed E-state index contributed by atoms with van der Waals surface area (Å²) in [7, 11) is 3.34. The molecule has 0 saturated heterocycles. The predicted molar refractivity (Wildman–Crippen MR) is 76.3 cm³/mol. The third kappa shape index (κ3) is 2.46. The van der Waals surface area contributed by atoms with Crippen LogP contribution >= 0.6 is 0 Å². The Kier molecular flexibility index (Phi) is 4.23. The number of ether oxygens (including phenoxy) is 1. The highest BCUT2D eigenvalue weighted by atomic mass is 16.5. The normalized spacial score (nSPS) is 18.6. The van der Waals surface area contributed by atoms with Gasteiger partial charge < -0.3 is 9.64 Å². The highest BCUT2D eigenvalue weighted by Gasteiger charge is 2.38. The molecule has 1 aromatic rings. The van der Waals surface area contributed by atoms with Gasteiger partial charge >= 0.3 is 0 Å². The molecule has 0 fully saturated rings. The van der Waals surface area contributed by atoms with Crippen molar-refractivity contribution in [3.8, 4) is 0 Å². The quantitative estimate of drug-likeness (QED) is 0.773. The number of Topliss-reactive ketones (excluding diaryl/α,β-unsaturated/α-hetero) is 2. The summed E-state index contributed by atoms with van der Waals surface area (Å²) in [5.41, 5.74) is 1.50. The van der Waals surface area contributed by atoms with Crippen LogP contribution in [0.1, 0.15) is 30.1 Å². The van der Waals surface area contributed by atoms with Crippen molar-refractivity contribution in [2.45, 2.75) is 25.8 Å². The number of allylic oxidation sites excluding steroid dienone is 1. The fraction of sp³-hybridized carbons (Fsp3) is 0.375. The molecule has 0 spiro atoms. The van der Waals surface area contributed by atoms with E-state index >= 15 is 0 Å². The Morgan fingerprint density at radius 1 is 1.30 bits per heavy atom. The molecular formula is C16H19NO3. The molecule has 0 aliphatic carbocycles. The van der Waals surface area contributed by atoms with Gasteiger partial charge in [-0.25, -0.2) is 0 Å².